The maximum Gasteiger partial charge on any atom is 0.191 e. The Hall–Kier alpha value is -2.53. The molecule has 2 N–H and O–H groups in total. The van der Waals surface area contributed by atoms with Crippen LogP contribution < -0.4 is 15.4 Å². The summed E-state index contributed by atoms with van der Waals surface area (Å²) in [6.45, 7) is 7.60. The Morgan fingerprint density at radius 2 is 1.73 bits per heavy atom. The number of methoxy groups -OCH3 is 1. The van der Waals surface area contributed by atoms with Crippen LogP contribution in [0.25, 0.3) is 0 Å². The Morgan fingerprint density at radius 3 is 2.42 bits per heavy atom. The zero-order valence-corrected chi connectivity index (χ0v) is 15.9. The highest BCUT2D eigenvalue weighted by molar-refractivity contribution is 5.79. The summed E-state index contributed by atoms with van der Waals surface area (Å²) in [5.74, 6) is 1.65. The highest BCUT2D eigenvalue weighted by Gasteiger charge is 2.00. The second-order valence-electron chi connectivity index (χ2n) is 5.85. The largest absolute Gasteiger partial charge is 0.497 e. The normalized spacial score (nSPS) is 11.3. The minimum atomic E-state index is 0.597. The zero-order chi connectivity index (χ0) is 18.6. The molecule has 2 aromatic rings. The third kappa shape index (κ3) is 6.76. The van der Waals surface area contributed by atoms with E-state index >= 15 is 0 Å². The quantitative estimate of drug-likeness (QED) is 0.534. The first-order valence-electron chi connectivity index (χ1n) is 9.05. The van der Waals surface area contributed by atoms with Gasteiger partial charge < -0.3 is 20.1 Å². The van der Waals surface area contributed by atoms with Gasteiger partial charge in [0.25, 0.3) is 0 Å². The number of ether oxygens (including phenoxy) is 2. The van der Waals surface area contributed by atoms with Crippen molar-refractivity contribution in [1.82, 2.24) is 10.6 Å². The number of hydrogen-bond donors (Lipinski definition) is 2. The van der Waals surface area contributed by atoms with E-state index in [1.165, 1.54) is 11.1 Å². The fraction of sp³-hybridized carbons (Fsp3) is 0.381. The molecule has 0 aliphatic heterocycles. The molecule has 0 radical (unpaired) electrons. The molecule has 2 aromatic carbocycles. The second-order valence-corrected chi connectivity index (χ2v) is 5.85. The molecule has 0 bridgehead atoms. The van der Waals surface area contributed by atoms with Gasteiger partial charge in [-0.05, 0) is 42.7 Å². The lowest BCUT2D eigenvalue weighted by molar-refractivity contribution is 0.134. The van der Waals surface area contributed by atoms with Crippen molar-refractivity contribution in [3.05, 3.63) is 65.2 Å². The van der Waals surface area contributed by atoms with E-state index in [0.717, 1.165) is 37.0 Å². The highest BCUT2D eigenvalue weighted by atomic mass is 16.5. The van der Waals surface area contributed by atoms with Crippen molar-refractivity contribution < 1.29 is 9.47 Å². The van der Waals surface area contributed by atoms with Gasteiger partial charge in [-0.1, -0.05) is 36.4 Å². The minimum Gasteiger partial charge on any atom is -0.497 e. The maximum absolute atomic E-state index is 5.43. The lowest BCUT2D eigenvalue weighted by atomic mass is 10.1. The third-order valence-electron chi connectivity index (χ3n) is 3.85. The van der Waals surface area contributed by atoms with Crippen LogP contribution in [-0.2, 0) is 24.4 Å². The summed E-state index contributed by atoms with van der Waals surface area (Å²) in [4.78, 5) is 4.65. The van der Waals surface area contributed by atoms with Crippen LogP contribution in [0.15, 0.2) is 53.5 Å². The molecule has 0 aromatic heterocycles. The lowest BCUT2D eigenvalue weighted by Crippen LogP contribution is -2.36. The molecule has 0 saturated carbocycles. The average molecular weight is 355 g/mol. The molecule has 0 heterocycles. The van der Waals surface area contributed by atoms with Crippen molar-refractivity contribution in [1.29, 1.82) is 0 Å². The standard InChI is InChI=1S/C21H29N3O2/c1-4-22-21(24-15-19-7-6-8-20(13-19)25-3)23-14-17-9-11-18(12-10-17)16-26-5-2/h6-13H,4-5,14-16H2,1-3H3,(H2,22,23,24). The molecule has 0 unspecified atom stereocenters. The highest BCUT2D eigenvalue weighted by Crippen LogP contribution is 2.13. The van der Waals surface area contributed by atoms with Gasteiger partial charge in [0.15, 0.2) is 5.96 Å². The van der Waals surface area contributed by atoms with E-state index in [-0.39, 0.29) is 0 Å². The van der Waals surface area contributed by atoms with Crippen LogP contribution in [-0.4, -0.2) is 26.2 Å². The van der Waals surface area contributed by atoms with E-state index in [1.807, 2.05) is 31.2 Å². The van der Waals surface area contributed by atoms with Gasteiger partial charge in [-0.3, -0.25) is 0 Å². The van der Waals surface area contributed by atoms with Crippen molar-refractivity contribution in [3.63, 3.8) is 0 Å². The number of rotatable bonds is 9. The first kappa shape index (κ1) is 19.8. The van der Waals surface area contributed by atoms with E-state index in [2.05, 4.69) is 46.8 Å². The number of hydrogen-bond acceptors (Lipinski definition) is 3. The van der Waals surface area contributed by atoms with Crippen LogP contribution in [0, 0.1) is 0 Å². The molecule has 0 amide bonds. The Bertz CT molecular complexity index is 684. The number of aliphatic imine (C=N–C) groups is 1. The van der Waals surface area contributed by atoms with E-state index in [1.54, 1.807) is 7.11 Å². The Balaban J connectivity index is 1.92. The van der Waals surface area contributed by atoms with Crippen LogP contribution in [0.1, 0.15) is 30.5 Å². The summed E-state index contributed by atoms with van der Waals surface area (Å²) in [6, 6.07) is 16.4. The van der Waals surface area contributed by atoms with Crippen molar-refractivity contribution in [2.45, 2.75) is 33.5 Å². The summed E-state index contributed by atoms with van der Waals surface area (Å²) >= 11 is 0. The van der Waals surface area contributed by atoms with Gasteiger partial charge in [0.1, 0.15) is 5.75 Å². The minimum absolute atomic E-state index is 0.597. The SMILES string of the molecule is CCNC(=NCc1cccc(OC)c1)NCc1ccc(COCC)cc1. The molecule has 140 valence electrons. The molecule has 0 fully saturated rings. The Labute approximate surface area is 156 Å². The zero-order valence-electron chi connectivity index (χ0n) is 15.9. The molecule has 5 nitrogen and oxygen atoms in total. The van der Waals surface area contributed by atoms with Gasteiger partial charge in [0.2, 0.25) is 0 Å². The molecule has 26 heavy (non-hydrogen) atoms. The average Bonchev–Trinajstić information content (AvgIpc) is 2.69. The van der Waals surface area contributed by atoms with Crippen LogP contribution in [0.5, 0.6) is 5.75 Å². The number of nitrogens with zero attached hydrogens (tertiary/aromatic N) is 1. The summed E-state index contributed by atoms with van der Waals surface area (Å²) in [7, 11) is 1.67. The van der Waals surface area contributed by atoms with E-state index in [9.17, 15) is 0 Å². The molecule has 0 atom stereocenters. The molecular formula is C21H29N3O2. The fourth-order valence-electron chi connectivity index (χ4n) is 2.44. The molecule has 0 aliphatic carbocycles. The Morgan fingerprint density at radius 1 is 0.962 bits per heavy atom. The van der Waals surface area contributed by atoms with Gasteiger partial charge in [-0.15, -0.1) is 0 Å². The van der Waals surface area contributed by atoms with Gasteiger partial charge in [0, 0.05) is 19.7 Å². The fourth-order valence-corrected chi connectivity index (χ4v) is 2.44. The summed E-state index contributed by atoms with van der Waals surface area (Å²) in [6.07, 6.45) is 0. The van der Waals surface area contributed by atoms with Gasteiger partial charge in [0.05, 0.1) is 20.3 Å². The second kappa shape index (κ2) is 11.2. The van der Waals surface area contributed by atoms with Gasteiger partial charge in [-0.2, -0.15) is 0 Å². The monoisotopic (exact) mass is 355 g/mol. The van der Waals surface area contributed by atoms with Crippen molar-refractivity contribution >= 4 is 5.96 Å². The molecule has 0 aliphatic rings. The smallest absolute Gasteiger partial charge is 0.191 e. The molecule has 0 saturated heterocycles. The third-order valence-corrected chi connectivity index (χ3v) is 3.85. The molecule has 0 spiro atoms. The topological polar surface area (TPSA) is 54.9 Å². The summed E-state index contributed by atoms with van der Waals surface area (Å²) in [5, 5.41) is 6.65. The Kier molecular flexibility index (Phi) is 8.49. The summed E-state index contributed by atoms with van der Waals surface area (Å²) in [5.41, 5.74) is 3.51. The van der Waals surface area contributed by atoms with Crippen LogP contribution in [0.2, 0.25) is 0 Å². The lowest BCUT2D eigenvalue weighted by Gasteiger charge is -2.12. The predicted molar refractivity (Wildman–Crippen MR) is 106 cm³/mol. The van der Waals surface area contributed by atoms with Crippen molar-refractivity contribution in [2.24, 2.45) is 4.99 Å². The van der Waals surface area contributed by atoms with Crippen molar-refractivity contribution in [2.75, 3.05) is 20.3 Å². The molecule has 2 rings (SSSR count). The maximum atomic E-state index is 5.43. The first-order chi connectivity index (χ1) is 12.7. The van der Waals surface area contributed by atoms with Gasteiger partial charge in [-0.25, -0.2) is 4.99 Å². The number of benzene rings is 2. The molecule has 5 heteroatoms. The van der Waals surface area contributed by atoms with Crippen LogP contribution in [0.4, 0.5) is 0 Å². The summed E-state index contributed by atoms with van der Waals surface area (Å²) < 4.78 is 10.7. The van der Waals surface area contributed by atoms with Crippen molar-refractivity contribution in [3.8, 4) is 5.75 Å². The van der Waals surface area contributed by atoms with E-state index < -0.39 is 0 Å². The number of guanidine groups is 1. The first-order valence-corrected chi connectivity index (χ1v) is 9.05. The van der Waals surface area contributed by atoms with E-state index in [4.69, 9.17) is 9.47 Å². The van der Waals surface area contributed by atoms with Gasteiger partial charge >= 0.3 is 0 Å². The predicted octanol–water partition coefficient (Wildman–Crippen LogP) is 3.49. The van der Waals surface area contributed by atoms with E-state index in [0.29, 0.717) is 13.2 Å². The number of nitrogens with one attached hydrogen (secondary N) is 2. The van der Waals surface area contributed by atoms with Crippen LogP contribution >= 0.6 is 0 Å². The molecular weight excluding hydrogens is 326 g/mol. The van der Waals surface area contributed by atoms with Crippen LogP contribution in [0.3, 0.4) is 0 Å².